The fourth-order valence-corrected chi connectivity index (χ4v) is 2.26. The Morgan fingerprint density at radius 3 is 2.82 bits per heavy atom. The van der Waals surface area contributed by atoms with Crippen LogP contribution in [-0.2, 0) is 11.2 Å². The van der Waals surface area contributed by atoms with Crippen LogP contribution < -0.4 is 10.6 Å². The van der Waals surface area contributed by atoms with Crippen molar-refractivity contribution in [1.82, 2.24) is 4.98 Å². The normalized spacial score (nSPS) is 10.3. The van der Waals surface area contributed by atoms with Gasteiger partial charge in [-0.05, 0) is 42.7 Å². The van der Waals surface area contributed by atoms with E-state index in [2.05, 4.69) is 15.6 Å². The second-order valence-corrected chi connectivity index (χ2v) is 5.47. The van der Waals surface area contributed by atoms with Gasteiger partial charge in [-0.1, -0.05) is 30.7 Å². The number of pyridine rings is 1. The Hall–Kier alpha value is -2.07. The summed E-state index contributed by atoms with van der Waals surface area (Å²) in [6.45, 7) is 2.75. The number of amides is 1. The summed E-state index contributed by atoms with van der Waals surface area (Å²) in [5.74, 6) is 0.807. The van der Waals surface area contributed by atoms with E-state index in [0.717, 1.165) is 35.9 Å². The Morgan fingerprint density at radius 1 is 1.27 bits per heavy atom. The summed E-state index contributed by atoms with van der Waals surface area (Å²) in [5.41, 5.74) is 1.90. The van der Waals surface area contributed by atoms with E-state index in [9.17, 15) is 4.79 Å². The molecule has 0 aliphatic carbocycles. The molecule has 4 nitrogen and oxygen atoms in total. The number of carbonyl (C=O) groups excluding carboxylic acids is 1. The third-order valence-corrected chi connectivity index (χ3v) is 3.37. The van der Waals surface area contributed by atoms with Crippen molar-refractivity contribution in [2.75, 3.05) is 17.2 Å². The zero-order valence-electron chi connectivity index (χ0n) is 12.6. The second kappa shape index (κ2) is 8.39. The van der Waals surface area contributed by atoms with Crippen LogP contribution in [0.2, 0.25) is 5.02 Å². The zero-order valence-corrected chi connectivity index (χ0v) is 13.4. The number of nitrogens with zero attached hydrogens (tertiary/aromatic N) is 1. The van der Waals surface area contributed by atoms with Crippen molar-refractivity contribution in [2.24, 2.45) is 0 Å². The lowest BCUT2D eigenvalue weighted by atomic mass is 10.1. The molecule has 1 aromatic carbocycles. The zero-order chi connectivity index (χ0) is 15.8. The van der Waals surface area contributed by atoms with Crippen molar-refractivity contribution in [2.45, 2.75) is 26.2 Å². The molecule has 0 radical (unpaired) electrons. The van der Waals surface area contributed by atoms with E-state index in [0.29, 0.717) is 6.42 Å². The first-order chi connectivity index (χ1) is 10.7. The molecule has 1 amide bonds. The van der Waals surface area contributed by atoms with Gasteiger partial charge in [-0.25, -0.2) is 4.98 Å². The van der Waals surface area contributed by atoms with Gasteiger partial charge in [0, 0.05) is 18.0 Å². The van der Waals surface area contributed by atoms with Gasteiger partial charge in [-0.15, -0.1) is 0 Å². The first kappa shape index (κ1) is 16.3. The molecule has 0 bridgehead atoms. The van der Waals surface area contributed by atoms with Gasteiger partial charge in [0.05, 0.1) is 11.9 Å². The number of nitrogens with one attached hydrogen (secondary N) is 2. The average Bonchev–Trinajstić information content (AvgIpc) is 2.49. The van der Waals surface area contributed by atoms with Gasteiger partial charge in [0.25, 0.3) is 0 Å². The number of rotatable bonds is 7. The highest BCUT2D eigenvalue weighted by Crippen LogP contribution is 2.13. The Bertz CT molecular complexity index is 614. The highest BCUT2D eigenvalue weighted by atomic mass is 35.5. The number of carbonyl (C=O) groups is 1. The second-order valence-electron chi connectivity index (χ2n) is 5.04. The molecular formula is C17H20ClN3O. The van der Waals surface area contributed by atoms with Gasteiger partial charge in [0.1, 0.15) is 5.82 Å². The molecule has 2 rings (SSSR count). The van der Waals surface area contributed by atoms with Crippen molar-refractivity contribution in [3.05, 3.63) is 53.2 Å². The molecule has 0 fully saturated rings. The van der Waals surface area contributed by atoms with E-state index < -0.39 is 0 Å². The van der Waals surface area contributed by atoms with Crippen LogP contribution in [-0.4, -0.2) is 17.4 Å². The first-order valence-electron chi connectivity index (χ1n) is 7.41. The van der Waals surface area contributed by atoms with E-state index in [1.807, 2.05) is 43.3 Å². The minimum atomic E-state index is 0.0194. The third kappa shape index (κ3) is 5.37. The molecule has 0 spiro atoms. The summed E-state index contributed by atoms with van der Waals surface area (Å²) in [6, 6.07) is 11.5. The maximum Gasteiger partial charge on any atom is 0.224 e. The van der Waals surface area contributed by atoms with Crippen LogP contribution in [0.15, 0.2) is 42.6 Å². The SMILES string of the molecule is CCCC(=O)Nc1ccc(NCCc2cccc(Cl)c2)nc1. The van der Waals surface area contributed by atoms with Gasteiger partial charge >= 0.3 is 0 Å². The van der Waals surface area contributed by atoms with Crippen molar-refractivity contribution in [3.8, 4) is 0 Å². The summed E-state index contributed by atoms with van der Waals surface area (Å²) in [4.78, 5) is 15.8. The van der Waals surface area contributed by atoms with Gasteiger partial charge in [-0.2, -0.15) is 0 Å². The van der Waals surface area contributed by atoms with Crippen LogP contribution >= 0.6 is 11.6 Å². The van der Waals surface area contributed by atoms with Gasteiger partial charge in [0.15, 0.2) is 0 Å². The Kier molecular flexibility index (Phi) is 6.22. The number of anilines is 2. The standard InChI is InChI=1S/C17H20ClN3O/c1-2-4-17(22)21-15-7-8-16(20-12-15)19-10-9-13-5-3-6-14(18)11-13/h3,5-8,11-12H,2,4,9-10H2,1H3,(H,19,20)(H,21,22). The van der Waals surface area contributed by atoms with Crippen LogP contribution in [0.1, 0.15) is 25.3 Å². The van der Waals surface area contributed by atoms with Gasteiger partial charge in [-0.3, -0.25) is 4.79 Å². The topological polar surface area (TPSA) is 54.0 Å². The number of aromatic nitrogens is 1. The van der Waals surface area contributed by atoms with Crippen molar-refractivity contribution < 1.29 is 4.79 Å². The number of benzene rings is 1. The Balaban J connectivity index is 1.80. The summed E-state index contributed by atoms with van der Waals surface area (Å²) in [7, 11) is 0. The summed E-state index contributed by atoms with van der Waals surface area (Å²) in [6.07, 6.45) is 3.90. The smallest absolute Gasteiger partial charge is 0.224 e. The number of hydrogen-bond acceptors (Lipinski definition) is 3. The van der Waals surface area contributed by atoms with Crippen LogP contribution in [0, 0.1) is 0 Å². The largest absolute Gasteiger partial charge is 0.370 e. The molecule has 0 aliphatic rings. The monoisotopic (exact) mass is 317 g/mol. The Morgan fingerprint density at radius 2 is 2.14 bits per heavy atom. The molecule has 0 aliphatic heterocycles. The molecule has 1 aromatic heterocycles. The minimum Gasteiger partial charge on any atom is -0.370 e. The molecule has 116 valence electrons. The van der Waals surface area contributed by atoms with E-state index >= 15 is 0 Å². The van der Waals surface area contributed by atoms with Crippen LogP contribution in [0.3, 0.4) is 0 Å². The molecule has 5 heteroatoms. The fourth-order valence-electron chi connectivity index (χ4n) is 2.05. The van der Waals surface area contributed by atoms with Gasteiger partial charge in [0.2, 0.25) is 5.91 Å². The summed E-state index contributed by atoms with van der Waals surface area (Å²) < 4.78 is 0. The lowest BCUT2D eigenvalue weighted by Gasteiger charge is -2.08. The minimum absolute atomic E-state index is 0.0194. The summed E-state index contributed by atoms with van der Waals surface area (Å²) >= 11 is 5.95. The summed E-state index contributed by atoms with van der Waals surface area (Å²) in [5, 5.41) is 6.82. The van der Waals surface area contributed by atoms with E-state index in [-0.39, 0.29) is 5.91 Å². The average molecular weight is 318 g/mol. The first-order valence-corrected chi connectivity index (χ1v) is 7.79. The molecule has 0 atom stereocenters. The molecule has 0 unspecified atom stereocenters. The Labute approximate surface area is 135 Å². The molecule has 2 N–H and O–H groups in total. The maximum atomic E-state index is 11.5. The lowest BCUT2D eigenvalue weighted by Crippen LogP contribution is -2.11. The van der Waals surface area contributed by atoms with Crippen LogP contribution in [0.25, 0.3) is 0 Å². The molecule has 22 heavy (non-hydrogen) atoms. The maximum absolute atomic E-state index is 11.5. The third-order valence-electron chi connectivity index (χ3n) is 3.13. The molecule has 1 heterocycles. The van der Waals surface area contributed by atoms with Gasteiger partial charge < -0.3 is 10.6 Å². The van der Waals surface area contributed by atoms with E-state index in [1.165, 1.54) is 5.56 Å². The molecule has 0 saturated heterocycles. The van der Waals surface area contributed by atoms with E-state index in [1.54, 1.807) is 6.20 Å². The van der Waals surface area contributed by atoms with E-state index in [4.69, 9.17) is 11.6 Å². The highest BCUT2D eigenvalue weighted by molar-refractivity contribution is 6.30. The van der Waals surface area contributed by atoms with Crippen molar-refractivity contribution >= 4 is 29.0 Å². The molecule has 2 aromatic rings. The fraction of sp³-hybridized carbons (Fsp3) is 0.294. The van der Waals surface area contributed by atoms with Crippen LogP contribution in [0.5, 0.6) is 0 Å². The van der Waals surface area contributed by atoms with Crippen molar-refractivity contribution in [3.63, 3.8) is 0 Å². The van der Waals surface area contributed by atoms with Crippen molar-refractivity contribution in [1.29, 1.82) is 0 Å². The highest BCUT2D eigenvalue weighted by Gasteiger charge is 2.01. The number of halogens is 1. The molecule has 0 saturated carbocycles. The number of hydrogen-bond donors (Lipinski definition) is 2. The quantitative estimate of drug-likeness (QED) is 0.807. The van der Waals surface area contributed by atoms with Crippen LogP contribution in [0.4, 0.5) is 11.5 Å². The molecular weight excluding hydrogens is 298 g/mol. The lowest BCUT2D eigenvalue weighted by molar-refractivity contribution is -0.116. The predicted molar refractivity (Wildman–Crippen MR) is 91.4 cm³/mol. The predicted octanol–water partition coefficient (Wildman–Crippen LogP) is 4.13.